The third-order valence-corrected chi connectivity index (χ3v) is 6.77. The first-order valence-corrected chi connectivity index (χ1v) is 12.6. The molecule has 1 aromatic carbocycles. The molecule has 0 saturated heterocycles. The molecule has 0 fully saturated rings. The van der Waals surface area contributed by atoms with E-state index in [-0.39, 0.29) is 0 Å². The van der Waals surface area contributed by atoms with Gasteiger partial charge in [0, 0.05) is 36.3 Å². The van der Waals surface area contributed by atoms with E-state index in [0.717, 1.165) is 44.6 Å². The fourth-order valence-electron chi connectivity index (χ4n) is 3.26. The molecule has 0 N–H and O–H groups in total. The predicted octanol–water partition coefficient (Wildman–Crippen LogP) is 5.98. The number of pyridine rings is 2. The minimum atomic E-state index is 0.733. The van der Waals surface area contributed by atoms with E-state index in [2.05, 4.69) is 54.2 Å². The van der Waals surface area contributed by atoms with Gasteiger partial charge in [0.15, 0.2) is 10.3 Å². The standard InChI is InChI=1S/C26H20N6S2/c1-2-8-20(18-34-26-30-16-12-24(32-26)22-10-4-6-14-28-22)19(7-1)17-33-25-29-15-11-23(31-25)21-9-3-5-13-27-21/h1-16H,17-18H2. The maximum atomic E-state index is 4.68. The van der Waals surface area contributed by atoms with Gasteiger partial charge >= 0.3 is 0 Å². The molecule has 6 nitrogen and oxygen atoms in total. The zero-order valence-electron chi connectivity index (χ0n) is 18.2. The van der Waals surface area contributed by atoms with Gasteiger partial charge in [0.05, 0.1) is 22.8 Å². The Balaban J connectivity index is 1.26. The highest BCUT2D eigenvalue weighted by molar-refractivity contribution is 7.98. The van der Waals surface area contributed by atoms with Crippen LogP contribution in [0, 0.1) is 0 Å². The number of rotatable bonds is 8. The Labute approximate surface area is 206 Å². The molecule has 0 atom stereocenters. The number of hydrogen-bond acceptors (Lipinski definition) is 8. The number of thioether (sulfide) groups is 2. The molecule has 0 aliphatic rings. The fourth-order valence-corrected chi connectivity index (χ4v) is 4.99. The van der Waals surface area contributed by atoms with Crippen molar-refractivity contribution in [3.05, 3.63) is 109 Å². The number of hydrogen-bond donors (Lipinski definition) is 0. The normalized spacial score (nSPS) is 10.8. The Morgan fingerprint density at radius 3 is 1.35 bits per heavy atom. The van der Waals surface area contributed by atoms with Gasteiger partial charge in [-0.1, -0.05) is 59.9 Å². The van der Waals surface area contributed by atoms with Crippen molar-refractivity contribution in [2.75, 3.05) is 0 Å². The summed E-state index contributed by atoms with van der Waals surface area (Å²) in [6.07, 6.45) is 7.11. The SMILES string of the molecule is c1ccc(-c2ccnc(SCc3ccccc3CSc3nccc(-c4ccccn4)n3)n2)nc1. The highest BCUT2D eigenvalue weighted by atomic mass is 32.2. The van der Waals surface area contributed by atoms with Crippen molar-refractivity contribution in [1.29, 1.82) is 0 Å². The second kappa shape index (κ2) is 11.0. The Hall–Kier alpha value is -3.62. The van der Waals surface area contributed by atoms with E-state index in [9.17, 15) is 0 Å². The largest absolute Gasteiger partial charge is 0.255 e. The van der Waals surface area contributed by atoms with Crippen LogP contribution in [0.15, 0.2) is 108 Å². The zero-order valence-corrected chi connectivity index (χ0v) is 19.8. The van der Waals surface area contributed by atoms with Crippen LogP contribution in [-0.4, -0.2) is 29.9 Å². The van der Waals surface area contributed by atoms with Crippen LogP contribution in [0.5, 0.6) is 0 Å². The molecular formula is C26H20N6S2. The summed E-state index contributed by atoms with van der Waals surface area (Å²) in [5, 5.41) is 1.47. The van der Waals surface area contributed by atoms with Gasteiger partial charge in [0.1, 0.15) is 0 Å². The molecule has 5 rings (SSSR count). The van der Waals surface area contributed by atoms with Crippen molar-refractivity contribution in [3.63, 3.8) is 0 Å². The predicted molar refractivity (Wildman–Crippen MR) is 136 cm³/mol. The fraction of sp³-hybridized carbons (Fsp3) is 0.0769. The second-order valence-corrected chi connectivity index (χ2v) is 9.11. The van der Waals surface area contributed by atoms with Crippen LogP contribution >= 0.6 is 23.5 Å². The maximum absolute atomic E-state index is 4.68. The lowest BCUT2D eigenvalue weighted by atomic mass is 10.1. The average molecular weight is 481 g/mol. The summed E-state index contributed by atoms with van der Waals surface area (Å²) in [7, 11) is 0. The van der Waals surface area contributed by atoms with Crippen LogP contribution in [0.2, 0.25) is 0 Å². The van der Waals surface area contributed by atoms with Crippen LogP contribution in [0.3, 0.4) is 0 Å². The van der Waals surface area contributed by atoms with Crippen LogP contribution < -0.4 is 0 Å². The minimum absolute atomic E-state index is 0.733. The molecule has 34 heavy (non-hydrogen) atoms. The van der Waals surface area contributed by atoms with Gasteiger partial charge in [-0.05, 0) is 47.5 Å². The van der Waals surface area contributed by atoms with Crippen LogP contribution in [-0.2, 0) is 11.5 Å². The summed E-state index contributed by atoms with van der Waals surface area (Å²) in [4.78, 5) is 27.0. The first-order valence-electron chi connectivity index (χ1n) is 10.7. The number of nitrogens with zero attached hydrogens (tertiary/aromatic N) is 6. The molecule has 4 aromatic heterocycles. The summed E-state index contributed by atoms with van der Waals surface area (Å²) in [6, 6.07) is 23.8. The zero-order chi connectivity index (χ0) is 23.0. The van der Waals surface area contributed by atoms with Crippen molar-refractivity contribution in [2.45, 2.75) is 21.8 Å². The molecule has 0 bridgehead atoms. The molecule has 0 aliphatic carbocycles. The van der Waals surface area contributed by atoms with Gasteiger partial charge < -0.3 is 0 Å². The Kier molecular flexibility index (Phi) is 7.18. The van der Waals surface area contributed by atoms with Gasteiger partial charge in [0.25, 0.3) is 0 Å². The second-order valence-electron chi connectivity index (χ2n) is 7.22. The quantitative estimate of drug-likeness (QED) is 0.198. The molecule has 8 heteroatoms. The lowest BCUT2D eigenvalue weighted by Gasteiger charge is -2.09. The third kappa shape index (κ3) is 5.65. The van der Waals surface area contributed by atoms with Crippen molar-refractivity contribution in [2.24, 2.45) is 0 Å². The first kappa shape index (κ1) is 22.2. The molecule has 166 valence electrons. The molecule has 0 aliphatic heterocycles. The van der Waals surface area contributed by atoms with Crippen molar-refractivity contribution >= 4 is 23.5 Å². The Morgan fingerprint density at radius 2 is 0.912 bits per heavy atom. The highest BCUT2D eigenvalue weighted by Gasteiger charge is 2.09. The summed E-state index contributed by atoms with van der Waals surface area (Å²) in [5.74, 6) is 1.55. The topological polar surface area (TPSA) is 77.3 Å². The van der Waals surface area contributed by atoms with E-state index >= 15 is 0 Å². The lowest BCUT2D eigenvalue weighted by molar-refractivity contribution is 0.965. The summed E-state index contributed by atoms with van der Waals surface area (Å²) in [6.45, 7) is 0. The van der Waals surface area contributed by atoms with Crippen molar-refractivity contribution < 1.29 is 0 Å². The van der Waals surface area contributed by atoms with E-state index in [0.29, 0.717) is 0 Å². The van der Waals surface area contributed by atoms with Crippen molar-refractivity contribution in [3.8, 4) is 22.8 Å². The maximum Gasteiger partial charge on any atom is 0.188 e. The van der Waals surface area contributed by atoms with Gasteiger partial charge in [-0.3, -0.25) is 9.97 Å². The van der Waals surface area contributed by atoms with Gasteiger partial charge in [-0.15, -0.1) is 0 Å². The molecule has 0 spiro atoms. The van der Waals surface area contributed by atoms with E-state index in [1.807, 2.05) is 48.5 Å². The van der Waals surface area contributed by atoms with Crippen LogP contribution in [0.25, 0.3) is 22.8 Å². The molecular weight excluding hydrogens is 460 g/mol. The number of aromatic nitrogens is 6. The summed E-state index contributed by atoms with van der Waals surface area (Å²) >= 11 is 3.24. The molecule has 0 amide bonds. The van der Waals surface area contributed by atoms with E-state index in [1.165, 1.54) is 11.1 Å². The average Bonchev–Trinajstić information content (AvgIpc) is 2.92. The van der Waals surface area contributed by atoms with Crippen LogP contribution in [0.1, 0.15) is 11.1 Å². The Bertz CT molecular complexity index is 1260. The summed E-state index contributed by atoms with van der Waals surface area (Å²) < 4.78 is 0. The molecule has 5 aromatic rings. The van der Waals surface area contributed by atoms with E-state index in [4.69, 9.17) is 0 Å². The molecule has 0 radical (unpaired) electrons. The number of benzene rings is 1. The van der Waals surface area contributed by atoms with Crippen molar-refractivity contribution in [1.82, 2.24) is 29.9 Å². The minimum Gasteiger partial charge on any atom is -0.255 e. The van der Waals surface area contributed by atoms with Gasteiger partial charge in [-0.2, -0.15) is 0 Å². The third-order valence-electron chi connectivity index (χ3n) is 4.95. The molecule has 0 unspecified atom stereocenters. The molecule has 4 heterocycles. The van der Waals surface area contributed by atoms with E-state index in [1.54, 1.807) is 48.3 Å². The van der Waals surface area contributed by atoms with Gasteiger partial charge in [0.2, 0.25) is 0 Å². The Morgan fingerprint density at radius 1 is 0.441 bits per heavy atom. The van der Waals surface area contributed by atoms with Gasteiger partial charge in [-0.25, -0.2) is 19.9 Å². The lowest BCUT2D eigenvalue weighted by Crippen LogP contribution is -1.95. The van der Waals surface area contributed by atoms with E-state index < -0.39 is 0 Å². The summed E-state index contributed by atoms with van der Waals surface area (Å²) in [5.41, 5.74) is 5.83. The smallest absolute Gasteiger partial charge is 0.188 e. The first-order chi connectivity index (χ1) is 16.8. The highest BCUT2D eigenvalue weighted by Crippen LogP contribution is 2.27. The molecule has 0 saturated carbocycles. The monoisotopic (exact) mass is 480 g/mol. The van der Waals surface area contributed by atoms with Crippen LogP contribution in [0.4, 0.5) is 0 Å².